The molecule has 2 rings (SSSR count). The van der Waals surface area contributed by atoms with Gasteiger partial charge in [0.2, 0.25) is 0 Å². The molecule has 1 aliphatic rings. The average molecular weight is 325 g/mol. The molecule has 0 spiro atoms. The van der Waals surface area contributed by atoms with Gasteiger partial charge in [-0.2, -0.15) is 0 Å². The van der Waals surface area contributed by atoms with Crippen LogP contribution < -0.4 is 4.74 Å². The van der Waals surface area contributed by atoms with Crippen molar-refractivity contribution < 1.29 is 39.1 Å². The summed E-state index contributed by atoms with van der Waals surface area (Å²) in [5, 5.41) is 36.7. The molecule has 1 aliphatic heterocycles. The summed E-state index contributed by atoms with van der Waals surface area (Å²) in [6, 6.07) is 0. The van der Waals surface area contributed by atoms with Gasteiger partial charge in [-0.1, -0.05) is 10.3 Å². The van der Waals surface area contributed by atoms with Gasteiger partial charge in [-0.25, -0.2) is 4.68 Å². The summed E-state index contributed by atoms with van der Waals surface area (Å²) in [5.74, 6) is 0.152. The zero-order valence-corrected chi connectivity index (χ0v) is 11.8. The number of hydrogen-bond donors (Lipinski definition) is 5. The van der Waals surface area contributed by atoms with E-state index in [4.69, 9.17) is 19.3 Å². The van der Waals surface area contributed by atoms with Gasteiger partial charge in [-0.3, -0.25) is 4.57 Å². The highest BCUT2D eigenvalue weighted by Gasteiger charge is 2.48. The van der Waals surface area contributed by atoms with Crippen LogP contribution in [0.1, 0.15) is 6.23 Å². The summed E-state index contributed by atoms with van der Waals surface area (Å²) in [7, 11) is -3.13. The maximum atomic E-state index is 10.9. The molecule has 0 saturated carbocycles. The first-order valence-electron chi connectivity index (χ1n) is 5.93. The molecular formula is C9H16N3O8P. The maximum absolute atomic E-state index is 10.9. The van der Waals surface area contributed by atoms with Crippen molar-refractivity contribution in [2.45, 2.75) is 30.6 Å². The van der Waals surface area contributed by atoms with Crippen LogP contribution in [0.2, 0.25) is 0 Å². The van der Waals surface area contributed by atoms with Gasteiger partial charge < -0.3 is 34.6 Å². The summed E-state index contributed by atoms with van der Waals surface area (Å²) in [5.41, 5.74) is 0. The van der Waals surface area contributed by atoms with Crippen LogP contribution >= 0.6 is 7.60 Å². The van der Waals surface area contributed by atoms with Gasteiger partial charge in [-0.15, -0.1) is 0 Å². The van der Waals surface area contributed by atoms with Crippen LogP contribution in [0.15, 0.2) is 6.20 Å². The van der Waals surface area contributed by atoms with E-state index >= 15 is 0 Å². The molecule has 21 heavy (non-hydrogen) atoms. The predicted octanol–water partition coefficient (Wildman–Crippen LogP) is -2.56. The average Bonchev–Trinajstić information content (AvgIpc) is 2.94. The van der Waals surface area contributed by atoms with E-state index in [2.05, 4.69) is 10.3 Å². The molecule has 2 heterocycles. The molecule has 0 radical (unpaired) electrons. The van der Waals surface area contributed by atoms with Crippen LogP contribution in [0.25, 0.3) is 0 Å². The Kier molecular flexibility index (Phi) is 4.63. The fourth-order valence-electron chi connectivity index (χ4n) is 2.05. The fraction of sp³-hybridized carbons (Fsp3) is 0.778. The number of ether oxygens (including phenoxy) is 2. The van der Waals surface area contributed by atoms with Crippen molar-refractivity contribution in [3.8, 4) is 5.88 Å². The van der Waals surface area contributed by atoms with E-state index in [1.807, 2.05) is 0 Å². The van der Waals surface area contributed by atoms with Gasteiger partial charge in [0.1, 0.15) is 18.3 Å². The van der Waals surface area contributed by atoms with Crippen molar-refractivity contribution in [1.82, 2.24) is 15.0 Å². The SMILES string of the molecule is COc1cn([C@@H]2O[C@H]([C@H](O)CP(=O)(O)O)[C@@H](O)[C@H]2O)nn1. The first-order chi connectivity index (χ1) is 9.73. The van der Waals surface area contributed by atoms with Crippen LogP contribution in [-0.2, 0) is 9.30 Å². The molecule has 1 saturated heterocycles. The molecule has 1 aromatic rings. The van der Waals surface area contributed by atoms with E-state index in [1.54, 1.807) is 0 Å². The van der Waals surface area contributed by atoms with Crippen LogP contribution in [0.3, 0.4) is 0 Å². The highest BCUT2D eigenvalue weighted by Crippen LogP contribution is 2.39. The first-order valence-corrected chi connectivity index (χ1v) is 7.73. The third-order valence-electron chi connectivity index (χ3n) is 3.04. The zero-order valence-electron chi connectivity index (χ0n) is 10.9. The summed E-state index contributed by atoms with van der Waals surface area (Å²) < 4.78 is 22.0. The van der Waals surface area contributed by atoms with Gasteiger partial charge in [-0.05, 0) is 0 Å². The second-order valence-electron chi connectivity index (χ2n) is 4.63. The Morgan fingerprint density at radius 2 is 2.14 bits per heavy atom. The van der Waals surface area contributed by atoms with Crippen molar-refractivity contribution in [2.24, 2.45) is 0 Å². The molecule has 120 valence electrons. The molecule has 5 atom stereocenters. The number of aliphatic hydroxyl groups is 3. The molecule has 0 bridgehead atoms. The molecule has 0 aromatic carbocycles. The fourth-order valence-corrected chi connectivity index (χ4v) is 2.74. The van der Waals surface area contributed by atoms with E-state index < -0.39 is 44.4 Å². The van der Waals surface area contributed by atoms with E-state index in [0.29, 0.717) is 0 Å². The Bertz CT molecular complexity index is 533. The van der Waals surface area contributed by atoms with Gasteiger partial charge >= 0.3 is 7.60 Å². The minimum atomic E-state index is -4.49. The Hall–Kier alpha value is -1.07. The second-order valence-corrected chi connectivity index (χ2v) is 6.32. The quantitative estimate of drug-likeness (QED) is 0.363. The normalized spacial score (nSPS) is 31.3. The molecule has 0 amide bonds. The number of rotatable bonds is 5. The van der Waals surface area contributed by atoms with Crippen molar-refractivity contribution in [3.05, 3.63) is 6.20 Å². The second kappa shape index (κ2) is 5.97. The maximum Gasteiger partial charge on any atom is 0.328 e. The van der Waals surface area contributed by atoms with Crippen molar-refractivity contribution in [2.75, 3.05) is 13.3 Å². The summed E-state index contributed by atoms with van der Waals surface area (Å²) >= 11 is 0. The molecule has 11 nitrogen and oxygen atoms in total. The Morgan fingerprint density at radius 3 is 2.67 bits per heavy atom. The van der Waals surface area contributed by atoms with E-state index in [0.717, 1.165) is 4.68 Å². The molecule has 0 aliphatic carbocycles. The Morgan fingerprint density at radius 1 is 1.48 bits per heavy atom. The third kappa shape index (κ3) is 3.58. The number of methoxy groups -OCH3 is 1. The van der Waals surface area contributed by atoms with Crippen molar-refractivity contribution >= 4 is 7.60 Å². The van der Waals surface area contributed by atoms with Crippen molar-refractivity contribution in [1.29, 1.82) is 0 Å². The van der Waals surface area contributed by atoms with E-state index in [-0.39, 0.29) is 5.88 Å². The van der Waals surface area contributed by atoms with Crippen LogP contribution in [0.5, 0.6) is 5.88 Å². The zero-order chi connectivity index (χ0) is 15.8. The lowest BCUT2D eigenvalue weighted by atomic mass is 10.1. The number of aromatic nitrogens is 3. The first kappa shape index (κ1) is 16.3. The molecule has 1 fully saturated rings. The van der Waals surface area contributed by atoms with Crippen LogP contribution in [0.4, 0.5) is 0 Å². The van der Waals surface area contributed by atoms with Gasteiger partial charge in [0, 0.05) is 0 Å². The Labute approximate surface area is 118 Å². The number of hydrogen-bond acceptors (Lipinski definition) is 8. The lowest BCUT2D eigenvalue weighted by Crippen LogP contribution is -2.40. The standard InChI is InChI=1S/C9H16N3O8P/c1-19-5-2-12(11-10-5)9-7(15)6(14)8(20-9)4(13)3-21(16,17)18/h2,4,6-9,13-15H,3H2,1H3,(H2,16,17,18)/t4-,6+,7-,8-,9-/m1/s1. The van der Waals surface area contributed by atoms with Gasteiger partial charge in [0.25, 0.3) is 5.88 Å². The summed E-state index contributed by atoms with van der Waals surface area (Å²) in [6.07, 6.45) is -6.75. The Balaban J connectivity index is 2.12. The lowest BCUT2D eigenvalue weighted by molar-refractivity contribution is -0.0833. The molecule has 0 unspecified atom stereocenters. The molecular weight excluding hydrogens is 309 g/mol. The molecule has 5 N–H and O–H groups in total. The molecule has 12 heteroatoms. The van der Waals surface area contributed by atoms with Crippen molar-refractivity contribution in [3.63, 3.8) is 0 Å². The summed E-state index contributed by atoms with van der Waals surface area (Å²) in [4.78, 5) is 17.7. The monoisotopic (exact) mass is 325 g/mol. The highest BCUT2D eigenvalue weighted by atomic mass is 31.2. The van der Waals surface area contributed by atoms with Gasteiger partial charge in [0.05, 0.1) is 25.6 Å². The predicted molar refractivity (Wildman–Crippen MR) is 65.4 cm³/mol. The van der Waals surface area contributed by atoms with E-state index in [9.17, 15) is 19.9 Å². The van der Waals surface area contributed by atoms with E-state index in [1.165, 1.54) is 13.3 Å². The summed E-state index contributed by atoms with van der Waals surface area (Å²) in [6.45, 7) is 0. The minimum absolute atomic E-state index is 0.152. The number of aliphatic hydroxyl groups excluding tert-OH is 3. The highest BCUT2D eigenvalue weighted by molar-refractivity contribution is 7.51. The molecule has 1 aromatic heterocycles. The number of nitrogens with zero attached hydrogens (tertiary/aromatic N) is 3. The van der Waals surface area contributed by atoms with Crippen LogP contribution in [-0.4, -0.2) is 77.8 Å². The largest absolute Gasteiger partial charge is 0.479 e. The van der Waals surface area contributed by atoms with Crippen LogP contribution in [0, 0.1) is 0 Å². The third-order valence-corrected chi connectivity index (χ3v) is 3.89. The topological polar surface area (TPSA) is 167 Å². The lowest BCUT2D eigenvalue weighted by Gasteiger charge is -2.21. The van der Waals surface area contributed by atoms with Gasteiger partial charge in [0.15, 0.2) is 6.23 Å². The smallest absolute Gasteiger partial charge is 0.328 e. The minimum Gasteiger partial charge on any atom is -0.479 e.